The number of carbonyl (C=O) groups is 2. The average Bonchev–Trinajstić information content (AvgIpc) is 3.18. The lowest BCUT2D eigenvalue weighted by Gasteiger charge is -2.11. The number of aromatic amines is 1. The number of methoxy groups -OCH3 is 1. The second kappa shape index (κ2) is 7.69. The van der Waals surface area contributed by atoms with Crippen molar-refractivity contribution in [2.24, 2.45) is 0 Å². The van der Waals surface area contributed by atoms with E-state index in [9.17, 15) is 9.59 Å². The van der Waals surface area contributed by atoms with Gasteiger partial charge in [0, 0.05) is 6.07 Å². The van der Waals surface area contributed by atoms with Gasteiger partial charge in [-0.3, -0.25) is 0 Å². The molecule has 7 nitrogen and oxygen atoms in total. The second-order valence-corrected chi connectivity index (χ2v) is 5.48. The fraction of sp³-hybridized carbons (Fsp3) is 0.211. The van der Waals surface area contributed by atoms with Crippen LogP contribution in [-0.4, -0.2) is 25.7 Å². The number of carbonyl (C=O) groups excluding carboxylic acids is 2. The molecule has 0 amide bonds. The van der Waals surface area contributed by atoms with Crippen molar-refractivity contribution in [2.45, 2.75) is 13.5 Å². The van der Waals surface area contributed by atoms with Gasteiger partial charge in [-0.05, 0) is 31.2 Å². The number of nitrogens with one attached hydrogen (secondary N) is 2. The van der Waals surface area contributed by atoms with Crippen LogP contribution in [0.4, 0.5) is 5.69 Å². The van der Waals surface area contributed by atoms with Crippen LogP contribution < -0.4 is 10.3 Å². The lowest BCUT2D eigenvalue weighted by Crippen LogP contribution is -2.16. The summed E-state index contributed by atoms with van der Waals surface area (Å²) < 4.78 is 15.3. The fourth-order valence-electron chi connectivity index (χ4n) is 2.64. The lowest BCUT2D eigenvalue weighted by atomic mass is 10.1. The highest BCUT2D eigenvalue weighted by Crippen LogP contribution is 2.27. The van der Waals surface area contributed by atoms with Crippen LogP contribution in [0.2, 0.25) is 0 Å². The zero-order valence-corrected chi connectivity index (χ0v) is 14.5. The second-order valence-electron chi connectivity index (χ2n) is 5.48. The highest BCUT2D eigenvalue weighted by atomic mass is 16.5. The van der Waals surface area contributed by atoms with E-state index in [2.05, 4.69) is 10.3 Å². The van der Waals surface area contributed by atoms with Gasteiger partial charge in [-0.2, -0.15) is 0 Å². The van der Waals surface area contributed by atoms with Crippen molar-refractivity contribution in [3.8, 4) is 0 Å². The molecule has 2 heterocycles. The molecule has 0 radical (unpaired) electrons. The number of fused-ring (bicyclic) bond motifs is 1. The number of anilines is 1. The Morgan fingerprint density at radius 2 is 2.08 bits per heavy atom. The summed E-state index contributed by atoms with van der Waals surface area (Å²) in [7, 11) is 1.32. The maximum absolute atomic E-state index is 12.3. The summed E-state index contributed by atoms with van der Waals surface area (Å²) in [4.78, 5) is 27.3. The van der Waals surface area contributed by atoms with Crippen LogP contribution in [0.1, 0.15) is 33.4 Å². The zero-order valence-electron chi connectivity index (χ0n) is 14.5. The smallest absolute Gasteiger partial charge is 0.346 e. The van der Waals surface area contributed by atoms with Crippen molar-refractivity contribution in [1.29, 1.82) is 0 Å². The molecule has 3 aromatic rings. The maximum Gasteiger partial charge on any atom is 0.346 e. The van der Waals surface area contributed by atoms with E-state index < -0.39 is 11.9 Å². The Morgan fingerprint density at radius 3 is 2.77 bits per heavy atom. The van der Waals surface area contributed by atoms with E-state index in [1.165, 1.54) is 7.11 Å². The Kier molecular flexibility index (Phi) is 5.17. The largest absolute Gasteiger partial charge is 0.467 e. The molecule has 3 rings (SSSR count). The first kappa shape index (κ1) is 17.5. The van der Waals surface area contributed by atoms with E-state index in [4.69, 9.17) is 13.9 Å². The van der Waals surface area contributed by atoms with E-state index in [1.54, 1.807) is 43.6 Å². The number of H-pyrrole nitrogens is 1. The number of ether oxygens (including phenoxy) is 2. The standard InChI is InChI=1S/C19H18N2O5/c1-3-25-19(23)15-11-20-16-7-6-12(18(22)24-2)9-14(16)17(15)21-10-13-5-4-8-26-13/h4-9,11H,3,10H2,1-2H3,(H,20,21)/p+1. The molecule has 2 N–H and O–H groups in total. The van der Waals surface area contributed by atoms with Crippen LogP contribution in [0.25, 0.3) is 10.9 Å². The normalized spacial score (nSPS) is 10.5. The van der Waals surface area contributed by atoms with Crippen LogP contribution in [0.15, 0.2) is 47.2 Å². The summed E-state index contributed by atoms with van der Waals surface area (Å²) in [5.41, 5.74) is 2.04. The van der Waals surface area contributed by atoms with Crippen molar-refractivity contribution >= 4 is 28.5 Å². The van der Waals surface area contributed by atoms with Gasteiger partial charge in [-0.25, -0.2) is 14.6 Å². The van der Waals surface area contributed by atoms with Crippen LogP contribution in [-0.2, 0) is 16.0 Å². The van der Waals surface area contributed by atoms with Gasteiger partial charge < -0.3 is 19.2 Å². The van der Waals surface area contributed by atoms with Crippen LogP contribution in [0.3, 0.4) is 0 Å². The van der Waals surface area contributed by atoms with Crippen molar-refractivity contribution in [3.05, 3.63) is 59.7 Å². The minimum absolute atomic E-state index is 0.261. The van der Waals surface area contributed by atoms with Gasteiger partial charge in [0.25, 0.3) is 0 Å². The minimum atomic E-state index is -0.462. The van der Waals surface area contributed by atoms with Gasteiger partial charge in [0.15, 0.2) is 6.20 Å². The zero-order chi connectivity index (χ0) is 18.5. The van der Waals surface area contributed by atoms with Gasteiger partial charge in [-0.1, -0.05) is 0 Å². The van der Waals surface area contributed by atoms with Crippen LogP contribution in [0, 0.1) is 0 Å². The number of hydrogen-bond acceptors (Lipinski definition) is 6. The number of furan rings is 1. The third-order valence-corrected chi connectivity index (χ3v) is 3.87. The van der Waals surface area contributed by atoms with Crippen LogP contribution >= 0.6 is 0 Å². The molecule has 26 heavy (non-hydrogen) atoms. The molecule has 0 spiro atoms. The van der Waals surface area contributed by atoms with Gasteiger partial charge in [0.05, 0.1) is 43.2 Å². The molecule has 0 unspecified atom stereocenters. The molecule has 0 saturated heterocycles. The molecule has 134 valence electrons. The molecule has 0 saturated carbocycles. The number of hydrogen-bond donors (Lipinski definition) is 1. The molecule has 0 aliphatic heterocycles. The molecular weight excluding hydrogens is 336 g/mol. The fourth-order valence-corrected chi connectivity index (χ4v) is 2.64. The van der Waals surface area contributed by atoms with Crippen molar-refractivity contribution in [1.82, 2.24) is 0 Å². The number of benzene rings is 1. The quantitative estimate of drug-likeness (QED) is 0.684. The monoisotopic (exact) mass is 355 g/mol. The molecule has 0 fully saturated rings. The predicted molar refractivity (Wildman–Crippen MR) is 93.8 cm³/mol. The Morgan fingerprint density at radius 1 is 1.23 bits per heavy atom. The average molecular weight is 355 g/mol. The predicted octanol–water partition coefficient (Wildman–Crippen LogP) is 2.82. The number of esters is 2. The molecular formula is C19H19N2O5+. The maximum atomic E-state index is 12.3. The van der Waals surface area contributed by atoms with E-state index >= 15 is 0 Å². The lowest BCUT2D eigenvalue weighted by molar-refractivity contribution is -0.344. The summed E-state index contributed by atoms with van der Waals surface area (Å²) in [6.45, 7) is 2.38. The van der Waals surface area contributed by atoms with Gasteiger partial charge in [0.1, 0.15) is 11.3 Å². The molecule has 2 aromatic heterocycles. The molecule has 0 aliphatic rings. The molecule has 0 atom stereocenters. The number of rotatable bonds is 6. The van der Waals surface area contributed by atoms with E-state index in [1.807, 2.05) is 6.07 Å². The van der Waals surface area contributed by atoms with E-state index in [0.717, 1.165) is 5.52 Å². The summed E-state index contributed by atoms with van der Waals surface area (Å²) >= 11 is 0. The van der Waals surface area contributed by atoms with Gasteiger partial charge in [0.2, 0.25) is 5.52 Å². The number of pyridine rings is 1. The summed E-state index contributed by atoms with van der Waals surface area (Å²) in [6.07, 6.45) is 3.16. The Labute approximate surface area is 149 Å². The molecule has 7 heteroatoms. The van der Waals surface area contributed by atoms with Gasteiger partial charge in [-0.15, -0.1) is 0 Å². The highest BCUT2D eigenvalue weighted by molar-refractivity contribution is 6.05. The Hall–Kier alpha value is -3.35. The van der Waals surface area contributed by atoms with Crippen LogP contribution in [0.5, 0.6) is 0 Å². The summed E-state index contributed by atoms with van der Waals surface area (Å²) in [5.74, 6) is -0.202. The first-order valence-electron chi connectivity index (χ1n) is 8.14. The highest BCUT2D eigenvalue weighted by Gasteiger charge is 2.21. The number of aromatic nitrogens is 1. The molecule has 0 bridgehead atoms. The molecule has 1 aromatic carbocycles. The third-order valence-electron chi connectivity index (χ3n) is 3.87. The molecule has 0 aliphatic carbocycles. The van der Waals surface area contributed by atoms with Crippen molar-refractivity contribution in [3.63, 3.8) is 0 Å². The SMILES string of the molecule is CCOC(=O)c1c[nH+]c2ccc(C(=O)OC)cc2c1NCc1ccco1. The first-order chi connectivity index (χ1) is 12.6. The summed E-state index contributed by atoms with van der Waals surface area (Å²) in [6, 6.07) is 8.70. The van der Waals surface area contributed by atoms with Crippen molar-refractivity contribution < 1.29 is 28.5 Å². The minimum Gasteiger partial charge on any atom is -0.467 e. The third kappa shape index (κ3) is 3.51. The van der Waals surface area contributed by atoms with E-state index in [-0.39, 0.29) is 6.61 Å². The first-order valence-corrected chi connectivity index (χ1v) is 8.14. The summed E-state index contributed by atoms with van der Waals surface area (Å²) in [5, 5.41) is 3.89. The Bertz CT molecular complexity index is 935. The topological polar surface area (TPSA) is 91.9 Å². The van der Waals surface area contributed by atoms with Crippen molar-refractivity contribution in [2.75, 3.05) is 19.0 Å². The Balaban J connectivity index is 2.10. The van der Waals surface area contributed by atoms with E-state index in [0.29, 0.717) is 34.5 Å². The van der Waals surface area contributed by atoms with Gasteiger partial charge >= 0.3 is 11.9 Å².